The molecule has 0 fully saturated rings. The Bertz CT molecular complexity index is 749. The van der Waals surface area contributed by atoms with Crippen LogP contribution in [0.15, 0.2) is 18.2 Å². The number of benzene rings is 1. The fourth-order valence-electron chi connectivity index (χ4n) is 1.98. The Labute approximate surface area is 156 Å². The number of nitrogens with one attached hydrogen (secondary N) is 1. The summed E-state index contributed by atoms with van der Waals surface area (Å²) in [6.45, 7) is 6.33. The lowest BCUT2D eigenvalue weighted by molar-refractivity contribution is -0.385. The molecular weight excluding hydrogens is 364 g/mol. The second-order valence-electron chi connectivity index (χ2n) is 6.46. The van der Waals surface area contributed by atoms with Gasteiger partial charge < -0.3 is 14.9 Å². The smallest absolute Gasteiger partial charge is 0.408 e. The van der Waals surface area contributed by atoms with E-state index >= 15 is 0 Å². The standard InChI is InChI=1S/C15H19BClN3O6/c1-8(18-14(23)26-15(2,3)4)12(21)19(16)13(22)11-9(17)6-5-7-10(11)20(24)25/h5-8H,16H2,1-4H3,(H,18,23)/t8-/m0/s1. The van der Waals surface area contributed by atoms with Gasteiger partial charge >= 0.3 is 6.09 Å². The lowest BCUT2D eigenvalue weighted by atomic mass is 10.1. The molecule has 0 aromatic heterocycles. The molecule has 0 saturated carbocycles. The maximum Gasteiger partial charge on any atom is 0.408 e. The SMILES string of the molecule is BN(C(=O)c1c(Cl)cccc1[N+](=O)[O-])C(=O)[C@H](C)NC(=O)OC(C)(C)C. The molecule has 1 rings (SSSR count). The van der Waals surface area contributed by atoms with Crippen LogP contribution in [0.25, 0.3) is 0 Å². The van der Waals surface area contributed by atoms with Gasteiger partial charge in [-0.05, 0) is 33.8 Å². The molecule has 0 saturated heterocycles. The number of amides is 3. The molecule has 140 valence electrons. The molecule has 1 atom stereocenters. The molecule has 0 aliphatic carbocycles. The first-order valence-electron chi connectivity index (χ1n) is 7.59. The lowest BCUT2D eigenvalue weighted by Crippen LogP contribution is -2.49. The second kappa shape index (κ2) is 8.18. The third-order valence-electron chi connectivity index (χ3n) is 3.14. The number of nitrogens with zero attached hydrogens (tertiary/aromatic N) is 2. The quantitative estimate of drug-likeness (QED) is 0.480. The van der Waals surface area contributed by atoms with Crippen LogP contribution < -0.4 is 5.32 Å². The average molecular weight is 384 g/mol. The van der Waals surface area contributed by atoms with Gasteiger partial charge in [0.05, 0.1) is 9.95 Å². The molecule has 9 nitrogen and oxygen atoms in total. The normalized spacial score (nSPS) is 12.0. The molecule has 26 heavy (non-hydrogen) atoms. The van der Waals surface area contributed by atoms with Crippen molar-refractivity contribution in [1.82, 2.24) is 10.1 Å². The van der Waals surface area contributed by atoms with Crippen molar-refractivity contribution >= 4 is 43.2 Å². The van der Waals surface area contributed by atoms with Crippen molar-refractivity contribution < 1.29 is 24.0 Å². The van der Waals surface area contributed by atoms with Gasteiger partial charge in [0.1, 0.15) is 17.2 Å². The summed E-state index contributed by atoms with van der Waals surface area (Å²) in [7, 11) is 1.14. The van der Waals surface area contributed by atoms with Crippen LogP contribution in [0, 0.1) is 10.1 Å². The monoisotopic (exact) mass is 383 g/mol. The highest BCUT2D eigenvalue weighted by Gasteiger charge is 2.31. The molecule has 0 bridgehead atoms. The number of imide groups is 1. The maximum atomic E-state index is 12.5. The molecule has 0 radical (unpaired) electrons. The molecule has 0 unspecified atom stereocenters. The number of nitro benzene ring substituents is 1. The van der Waals surface area contributed by atoms with Crippen LogP contribution in [0.2, 0.25) is 5.02 Å². The summed E-state index contributed by atoms with van der Waals surface area (Å²) in [5.41, 5.74) is -1.68. The van der Waals surface area contributed by atoms with Crippen LogP contribution >= 0.6 is 11.6 Å². The first kappa shape index (κ1) is 21.4. The van der Waals surface area contributed by atoms with Gasteiger partial charge in [-0.3, -0.25) is 19.7 Å². The number of ether oxygens (including phenoxy) is 1. The van der Waals surface area contributed by atoms with E-state index < -0.39 is 45.7 Å². The molecule has 1 N–H and O–H groups in total. The van der Waals surface area contributed by atoms with E-state index in [0.29, 0.717) is 4.81 Å². The molecule has 3 amide bonds. The van der Waals surface area contributed by atoms with E-state index in [2.05, 4.69) is 5.32 Å². The van der Waals surface area contributed by atoms with E-state index in [1.165, 1.54) is 19.1 Å². The van der Waals surface area contributed by atoms with E-state index in [1.807, 2.05) is 0 Å². The minimum Gasteiger partial charge on any atom is -0.444 e. The Kier molecular flexibility index (Phi) is 6.74. The zero-order valence-corrected chi connectivity index (χ0v) is 15.8. The summed E-state index contributed by atoms with van der Waals surface area (Å²) in [5, 5.41) is 13.2. The number of halogens is 1. The minimum atomic E-state index is -1.10. The Morgan fingerprint density at radius 1 is 1.35 bits per heavy atom. The van der Waals surface area contributed by atoms with Gasteiger partial charge in [-0.25, -0.2) is 4.79 Å². The summed E-state index contributed by atoms with van der Waals surface area (Å²) in [6, 6.07) is 2.65. The van der Waals surface area contributed by atoms with Gasteiger partial charge in [-0.1, -0.05) is 17.7 Å². The largest absolute Gasteiger partial charge is 0.444 e. The van der Waals surface area contributed by atoms with Crippen molar-refractivity contribution in [2.45, 2.75) is 39.3 Å². The second-order valence-corrected chi connectivity index (χ2v) is 6.87. The van der Waals surface area contributed by atoms with Gasteiger partial charge in [0.15, 0.2) is 0 Å². The molecular formula is C15H19BClN3O6. The first-order valence-corrected chi connectivity index (χ1v) is 7.97. The van der Waals surface area contributed by atoms with Gasteiger partial charge in [0.2, 0.25) is 13.9 Å². The van der Waals surface area contributed by atoms with Crippen LogP contribution in [-0.4, -0.2) is 47.3 Å². The van der Waals surface area contributed by atoms with Crippen molar-refractivity contribution in [2.24, 2.45) is 0 Å². The highest BCUT2D eigenvalue weighted by molar-refractivity contribution is 6.37. The Hall–Kier alpha value is -2.62. The number of rotatable bonds is 4. The Morgan fingerprint density at radius 2 is 1.92 bits per heavy atom. The summed E-state index contributed by atoms with van der Waals surface area (Å²) in [5.74, 6) is -1.74. The number of carbonyl (C=O) groups excluding carboxylic acids is 3. The van der Waals surface area contributed by atoms with E-state index in [1.54, 1.807) is 20.8 Å². The Morgan fingerprint density at radius 3 is 2.42 bits per heavy atom. The maximum absolute atomic E-state index is 12.5. The fourth-order valence-corrected chi connectivity index (χ4v) is 2.23. The van der Waals surface area contributed by atoms with Gasteiger partial charge in [0.25, 0.3) is 11.6 Å². The number of alkyl carbamates (subject to hydrolysis) is 1. The van der Waals surface area contributed by atoms with Gasteiger partial charge in [-0.15, -0.1) is 0 Å². The lowest BCUT2D eigenvalue weighted by Gasteiger charge is -2.24. The molecule has 11 heteroatoms. The van der Waals surface area contributed by atoms with Gasteiger partial charge in [-0.2, -0.15) is 0 Å². The number of hydrogen-bond acceptors (Lipinski definition) is 6. The zero-order chi connectivity index (χ0) is 20.2. The van der Waals surface area contributed by atoms with Gasteiger partial charge in [0, 0.05) is 6.07 Å². The first-order chi connectivity index (χ1) is 11.8. The van der Waals surface area contributed by atoms with Crippen LogP contribution in [0.4, 0.5) is 10.5 Å². The predicted molar refractivity (Wildman–Crippen MR) is 96.7 cm³/mol. The fraction of sp³-hybridized carbons (Fsp3) is 0.400. The van der Waals surface area contributed by atoms with E-state index in [4.69, 9.17) is 16.3 Å². The van der Waals surface area contributed by atoms with Crippen LogP contribution in [0.1, 0.15) is 38.1 Å². The summed E-state index contributed by atoms with van der Waals surface area (Å²) >= 11 is 5.90. The van der Waals surface area contributed by atoms with Crippen molar-refractivity contribution in [3.8, 4) is 0 Å². The average Bonchev–Trinajstić information content (AvgIpc) is 2.50. The van der Waals surface area contributed by atoms with Crippen LogP contribution in [0.5, 0.6) is 0 Å². The van der Waals surface area contributed by atoms with Crippen LogP contribution in [0.3, 0.4) is 0 Å². The molecule has 0 heterocycles. The minimum absolute atomic E-state index is 0.156. The number of hydrogen-bond donors (Lipinski definition) is 1. The van der Waals surface area contributed by atoms with Crippen molar-refractivity contribution in [1.29, 1.82) is 0 Å². The number of carbonyl (C=O) groups is 3. The molecule has 0 aliphatic rings. The highest BCUT2D eigenvalue weighted by atomic mass is 35.5. The molecule has 0 aliphatic heterocycles. The molecule has 0 spiro atoms. The van der Waals surface area contributed by atoms with E-state index in [-0.39, 0.29) is 5.02 Å². The predicted octanol–water partition coefficient (Wildman–Crippen LogP) is 1.68. The highest BCUT2D eigenvalue weighted by Crippen LogP contribution is 2.27. The van der Waals surface area contributed by atoms with Crippen LogP contribution in [-0.2, 0) is 9.53 Å². The van der Waals surface area contributed by atoms with Crippen molar-refractivity contribution in [3.63, 3.8) is 0 Å². The molecule has 1 aromatic carbocycles. The third kappa shape index (κ3) is 5.45. The topological polar surface area (TPSA) is 119 Å². The van der Waals surface area contributed by atoms with Crippen molar-refractivity contribution in [3.05, 3.63) is 38.9 Å². The summed E-state index contributed by atoms with van der Waals surface area (Å²) in [6.07, 6.45) is -0.831. The van der Waals surface area contributed by atoms with E-state index in [9.17, 15) is 24.5 Å². The summed E-state index contributed by atoms with van der Waals surface area (Å²) < 4.78 is 5.04. The third-order valence-corrected chi connectivity index (χ3v) is 3.46. The number of nitro groups is 1. The zero-order valence-electron chi connectivity index (χ0n) is 15.0. The summed E-state index contributed by atoms with van der Waals surface area (Å²) in [4.78, 5) is 47.6. The van der Waals surface area contributed by atoms with Crippen molar-refractivity contribution in [2.75, 3.05) is 0 Å². The molecule has 1 aromatic rings. The van der Waals surface area contributed by atoms with E-state index in [0.717, 1.165) is 14.0 Å². The Balaban J connectivity index is 2.97.